The number of ether oxygens (including phenoxy) is 1. The molecule has 1 N–H and O–H groups in total. The van der Waals surface area contributed by atoms with Gasteiger partial charge in [-0.3, -0.25) is 0 Å². The van der Waals surface area contributed by atoms with Gasteiger partial charge in [0.05, 0.1) is 18.3 Å². The van der Waals surface area contributed by atoms with Gasteiger partial charge in [0, 0.05) is 12.5 Å². The van der Waals surface area contributed by atoms with Crippen LogP contribution in [-0.2, 0) is 9.16 Å². The van der Waals surface area contributed by atoms with Crippen LogP contribution in [0.1, 0.15) is 74.1 Å². The molecule has 4 heteroatoms. The molecule has 3 nitrogen and oxygen atoms in total. The van der Waals surface area contributed by atoms with Gasteiger partial charge in [-0.1, -0.05) is 48.5 Å². The van der Waals surface area contributed by atoms with Crippen LogP contribution in [0.3, 0.4) is 0 Å². The second kappa shape index (κ2) is 6.80. The van der Waals surface area contributed by atoms with Gasteiger partial charge >= 0.3 is 0 Å². The summed E-state index contributed by atoms with van der Waals surface area (Å²) in [5.74, 6) is 3.01. The van der Waals surface area contributed by atoms with Crippen LogP contribution in [0.25, 0.3) is 0 Å². The topological polar surface area (TPSA) is 42.0 Å². The molecule has 0 aromatic rings. The highest BCUT2D eigenvalue weighted by atomic mass is 28.4. The van der Waals surface area contributed by atoms with Crippen molar-refractivity contribution >= 4 is 8.32 Å². The Morgan fingerprint density at radius 3 is 2.31 bits per heavy atom. The predicted molar refractivity (Wildman–Crippen MR) is 121 cm³/mol. The maximum atomic E-state index is 9.94. The number of rotatable bonds is 3. The fraction of sp³-hybridized carbons (Fsp3) is 1.00. The predicted octanol–water partition coefficient (Wildman–Crippen LogP) is 5.87. The number of epoxide rings is 1. The molecule has 1 aliphatic heterocycles. The van der Waals surface area contributed by atoms with Crippen LogP contribution in [0.15, 0.2) is 0 Å². The Bertz CT molecular complexity index is 638. The lowest BCUT2D eigenvalue weighted by Gasteiger charge is -2.63. The summed E-state index contributed by atoms with van der Waals surface area (Å²) in [5.41, 5.74) is 0.544. The van der Waals surface area contributed by atoms with E-state index in [0.717, 1.165) is 0 Å². The van der Waals surface area contributed by atoms with Crippen molar-refractivity contribution in [1.29, 1.82) is 0 Å². The number of hydrogen-bond acceptors (Lipinski definition) is 3. The molecule has 1 heterocycles. The molecule has 0 bridgehead atoms. The lowest BCUT2D eigenvalue weighted by Crippen LogP contribution is -2.62. The van der Waals surface area contributed by atoms with Crippen molar-refractivity contribution in [2.45, 2.75) is 111 Å². The Balaban J connectivity index is 1.59. The van der Waals surface area contributed by atoms with E-state index < -0.39 is 8.32 Å². The maximum Gasteiger partial charge on any atom is 0.192 e. The molecule has 0 spiro atoms. The van der Waals surface area contributed by atoms with Crippen molar-refractivity contribution in [3.8, 4) is 0 Å². The van der Waals surface area contributed by atoms with Crippen LogP contribution in [0.5, 0.6) is 0 Å². The van der Waals surface area contributed by atoms with Gasteiger partial charge in [-0.2, -0.15) is 0 Å². The highest BCUT2D eigenvalue weighted by Gasteiger charge is 2.68. The first kappa shape index (κ1) is 22.3. The summed E-state index contributed by atoms with van der Waals surface area (Å²) >= 11 is 0. The second-order valence-corrected chi connectivity index (χ2v) is 18.1. The van der Waals surface area contributed by atoms with E-state index in [2.05, 4.69) is 61.6 Å². The van der Waals surface area contributed by atoms with Crippen LogP contribution >= 0.6 is 0 Å². The zero-order chi connectivity index (χ0) is 21.6. The van der Waals surface area contributed by atoms with E-state index >= 15 is 0 Å². The zero-order valence-electron chi connectivity index (χ0n) is 20.4. The average Bonchev–Trinajstić information content (AvgIpc) is 3.36. The van der Waals surface area contributed by atoms with Crippen molar-refractivity contribution in [3.63, 3.8) is 0 Å². The van der Waals surface area contributed by atoms with Crippen LogP contribution in [0.2, 0.25) is 18.1 Å². The summed E-state index contributed by atoms with van der Waals surface area (Å²) in [5, 5.41) is 10.2. The average molecular weight is 423 g/mol. The standard InChI is InChI=1S/C25H46O3Si/c1-15-16-10-11-18-24(5,6)19(28-29(8,9)23(2,3)4)12-13-25(18,7)20(16)22-21(27-22)17(15)14-26/h15-22,26H,10-14H2,1-9H3/t15-,16+,17?,18+,19+,20-,21?,22?,25+/m0/s1. The van der Waals surface area contributed by atoms with E-state index in [9.17, 15) is 5.11 Å². The van der Waals surface area contributed by atoms with E-state index in [4.69, 9.17) is 9.16 Å². The van der Waals surface area contributed by atoms with E-state index in [1.807, 2.05) is 0 Å². The third-order valence-electron chi connectivity index (χ3n) is 10.6. The molecule has 4 rings (SSSR count). The molecule has 9 atom stereocenters. The van der Waals surface area contributed by atoms with E-state index in [0.29, 0.717) is 59.9 Å². The molecule has 168 valence electrons. The van der Waals surface area contributed by atoms with Gasteiger partial charge in [0.1, 0.15) is 0 Å². The highest BCUT2D eigenvalue weighted by Crippen LogP contribution is 2.68. The summed E-state index contributed by atoms with van der Waals surface area (Å²) in [6.07, 6.45) is 6.15. The summed E-state index contributed by atoms with van der Waals surface area (Å²) in [7, 11) is -1.78. The van der Waals surface area contributed by atoms with Crippen molar-refractivity contribution in [2.24, 2.45) is 40.4 Å². The van der Waals surface area contributed by atoms with Gasteiger partial charge in [-0.05, 0) is 78.3 Å². The fourth-order valence-electron chi connectivity index (χ4n) is 7.80. The fourth-order valence-corrected chi connectivity index (χ4v) is 9.29. The van der Waals surface area contributed by atoms with E-state index in [-0.39, 0.29) is 10.5 Å². The van der Waals surface area contributed by atoms with Crippen molar-refractivity contribution < 1.29 is 14.3 Å². The Labute approximate surface area is 180 Å². The Morgan fingerprint density at radius 2 is 1.72 bits per heavy atom. The number of fused-ring (bicyclic) bond motifs is 5. The first-order valence-electron chi connectivity index (χ1n) is 12.2. The second-order valence-electron chi connectivity index (χ2n) is 13.3. The molecule has 1 saturated heterocycles. The quantitative estimate of drug-likeness (QED) is 0.457. The first-order chi connectivity index (χ1) is 13.3. The maximum absolute atomic E-state index is 9.94. The molecule has 3 aliphatic carbocycles. The van der Waals surface area contributed by atoms with Gasteiger partial charge in [0.25, 0.3) is 0 Å². The van der Waals surface area contributed by atoms with E-state index in [1.54, 1.807) is 0 Å². The molecule has 29 heavy (non-hydrogen) atoms. The Kier molecular flexibility index (Phi) is 5.22. The third-order valence-corrected chi connectivity index (χ3v) is 15.1. The molecule has 0 aromatic carbocycles. The van der Waals surface area contributed by atoms with Crippen molar-refractivity contribution in [2.75, 3.05) is 6.61 Å². The molecular formula is C25H46O3Si. The third kappa shape index (κ3) is 3.22. The SMILES string of the molecule is C[C@@H]1C(CO)C2OC2[C@@H]2[C@@H]1CC[C@@H]1C(C)(C)[C@H](O[Si](C)(C)C(C)(C)C)CC[C@@]21C. The largest absolute Gasteiger partial charge is 0.413 e. The van der Waals surface area contributed by atoms with Gasteiger partial charge in [0.2, 0.25) is 0 Å². The molecule has 0 aromatic heterocycles. The van der Waals surface area contributed by atoms with Gasteiger partial charge < -0.3 is 14.3 Å². The van der Waals surface area contributed by atoms with Crippen molar-refractivity contribution in [3.05, 3.63) is 0 Å². The van der Waals surface area contributed by atoms with Gasteiger partial charge in [-0.25, -0.2) is 0 Å². The molecular weight excluding hydrogens is 376 g/mol. The summed E-state index contributed by atoms with van der Waals surface area (Å²) in [4.78, 5) is 0. The van der Waals surface area contributed by atoms with Crippen LogP contribution < -0.4 is 0 Å². The normalized spacial score (nSPS) is 49.0. The van der Waals surface area contributed by atoms with Crippen LogP contribution in [0, 0.1) is 40.4 Å². The minimum atomic E-state index is -1.78. The molecule has 4 aliphatic rings. The molecule has 3 unspecified atom stereocenters. The molecule has 4 fully saturated rings. The summed E-state index contributed by atoms with van der Waals surface area (Å²) < 4.78 is 13.3. The zero-order valence-corrected chi connectivity index (χ0v) is 21.4. The molecule has 3 saturated carbocycles. The summed E-state index contributed by atoms with van der Waals surface area (Å²) in [6, 6.07) is 0. The first-order valence-corrected chi connectivity index (χ1v) is 15.1. The van der Waals surface area contributed by atoms with Crippen LogP contribution in [0.4, 0.5) is 0 Å². The lowest BCUT2D eigenvalue weighted by molar-refractivity contribution is -0.163. The molecule has 0 amide bonds. The Hall–Kier alpha value is 0.0969. The smallest absolute Gasteiger partial charge is 0.192 e. The number of aliphatic hydroxyl groups excluding tert-OH is 1. The van der Waals surface area contributed by atoms with Gasteiger partial charge in [0.15, 0.2) is 8.32 Å². The van der Waals surface area contributed by atoms with Crippen LogP contribution in [-0.4, -0.2) is 38.3 Å². The summed E-state index contributed by atoms with van der Waals surface area (Å²) in [6.45, 7) is 22.2. The highest BCUT2D eigenvalue weighted by molar-refractivity contribution is 6.74. The number of aliphatic hydroxyl groups is 1. The van der Waals surface area contributed by atoms with Gasteiger partial charge in [-0.15, -0.1) is 0 Å². The number of hydrogen-bond donors (Lipinski definition) is 1. The Morgan fingerprint density at radius 1 is 1.07 bits per heavy atom. The van der Waals surface area contributed by atoms with Crippen molar-refractivity contribution in [1.82, 2.24) is 0 Å². The van der Waals surface area contributed by atoms with E-state index in [1.165, 1.54) is 25.7 Å². The molecule has 0 radical (unpaired) electrons. The minimum Gasteiger partial charge on any atom is -0.413 e. The minimum absolute atomic E-state index is 0.203. The monoisotopic (exact) mass is 422 g/mol. The lowest BCUT2D eigenvalue weighted by atomic mass is 9.42.